The third kappa shape index (κ3) is 8.00. The van der Waals surface area contributed by atoms with Crippen LogP contribution in [0.5, 0.6) is 0 Å². The van der Waals surface area contributed by atoms with E-state index in [4.69, 9.17) is 14.3 Å². The van der Waals surface area contributed by atoms with Crippen LogP contribution in [0.3, 0.4) is 0 Å². The minimum absolute atomic E-state index is 0.210. The number of carbonyl (C=O) groups is 2. The van der Waals surface area contributed by atoms with Crippen molar-refractivity contribution in [2.75, 3.05) is 11.8 Å². The molecule has 2 atom stereocenters. The van der Waals surface area contributed by atoms with Crippen LogP contribution in [0.25, 0.3) is 0 Å². The van der Waals surface area contributed by atoms with Gasteiger partial charge in [-0.25, -0.2) is 9.78 Å². The third-order valence-corrected chi connectivity index (χ3v) is 7.38. The van der Waals surface area contributed by atoms with Crippen LogP contribution in [0.1, 0.15) is 46.6 Å². The molecule has 196 valence electrons. The fourth-order valence-electron chi connectivity index (χ4n) is 3.83. The van der Waals surface area contributed by atoms with Crippen LogP contribution in [0, 0.1) is 0 Å². The van der Waals surface area contributed by atoms with E-state index in [1.165, 1.54) is 19.2 Å². The predicted octanol–water partition coefficient (Wildman–Crippen LogP) is 3.60. The summed E-state index contributed by atoms with van der Waals surface area (Å²) < 4.78 is 37.9. The Hall–Kier alpha value is -3.48. The van der Waals surface area contributed by atoms with Crippen molar-refractivity contribution < 1.29 is 27.3 Å². The Morgan fingerprint density at radius 2 is 1.73 bits per heavy atom. The summed E-state index contributed by atoms with van der Waals surface area (Å²) in [4.78, 5) is 30.2. The second kappa shape index (κ2) is 11.7. The SMILES string of the molecule is COC(=O)N[C@@H](Cc1ccccc1)C(=O)N[C@@H](Cc1ccc(NS(=O)(=O)O)cc1)c1csc(C2CC2)n1. The Morgan fingerprint density at radius 3 is 2.35 bits per heavy atom. The molecular weight excluding hydrogens is 516 g/mol. The van der Waals surface area contributed by atoms with Crippen molar-refractivity contribution >= 4 is 39.3 Å². The van der Waals surface area contributed by atoms with Crippen LogP contribution >= 0.6 is 11.3 Å². The number of benzene rings is 2. The van der Waals surface area contributed by atoms with Crippen molar-refractivity contribution in [1.82, 2.24) is 15.6 Å². The summed E-state index contributed by atoms with van der Waals surface area (Å²) in [7, 11) is -3.14. The number of alkyl carbamates (subject to hydrolysis) is 1. The Kier molecular flexibility index (Phi) is 8.41. The molecule has 2 aromatic carbocycles. The molecule has 0 spiro atoms. The number of amides is 2. The topological polar surface area (TPSA) is 147 Å². The molecule has 1 heterocycles. The van der Waals surface area contributed by atoms with Gasteiger partial charge in [0.15, 0.2) is 0 Å². The van der Waals surface area contributed by atoms with E-state index in [2.05, 4.69) is 10.6 Å². The number of hydrogen-bond acceptors (Lipinski definition) is 7. The second-order valence-electron chi connectivity index (χ2n) is 8.80. The minimum atomic E-state index is -4.38. The average molecular weight is 545 g/mol. The molecule has 0 unspecified atom stereocenters. The molecule has 1 aliphatic carbocycles. The lowest BCUT2D eigenvalue weighted by molar-refractivity contribution is -0.123. The van der Waals surface area contributed by atoms with Crippen molar-refractivity contribution in [3.05, 3.63) is 81.8 Å². The normalized spacial score (nSPS) is 14.9. The van der Waals surface area contributed by atoms with Gasteiger partial charge in [-0.2, -0.15) is 8.42 Å². The van der Waals surface area contributed by atoms with Gasteiger partial charge < -0.3 is 15.4 Å². The summed E-state index contributed by atoms with van der Waals surface area (Å²) in [6, 6.07) is 14.4. The first kappa shape index (κ1) is 26.6. The van der Waals surface area contributed by atoms with Gasteiger partial charge in [-0.1, -0.05) is 42.5 Å². The van der Waals surface area contributed by atoms with Crippen LogP contribution in [0.15, 0.2) is 60.0 Å². The molecule has 4 N–H and O–H groups in total. The van der Waals surface area contributed by atoms with E-state index in [1.54, 1.807) is 23.5 Å². The molecule has 37 heavy (non-hydrogen) atoms. The van der Waals surface area contributed by atoms with Crippen molar-refractivity contribution in [2.45, 2.75) is 43.7 Å². The zero-order valence-corrected chi connectivity index (χ0v) is 21.7. The number of nitrogens with one attached hydrogen (secondary N) is 3. The molecule has 0 aliphatic heterocycles. The van der Waals surface area contributed by atoms with Gasteiger partial charge in [0.05, 0.1) is 29.5 Å². The number of thiazole rings is 1. The van der Waals surface area contributed by atoms with E-state index in [0.29, 0.717) is 12.3 Å². The van der Waals surface area contributed by atoms with E-state index in [-0.39, 0.29) is 18.0 Å². The number of nitrogens with zero attached hydrogens (tertiary/aromatic N) is 1. The Bertz CT molecular complexity index is 1320. The summed E-state index contributed by atoms with van der Waals surface area (Å²) >= 11 is 1.56. The number of carbonyl (C=O) groups excluding carboxylic acids is 2. The van der Waals surface area contributed by atoms with E-state index < -0.39 is 28.5 Å². The monoisotopic (exact) mass is 544 g/mol. The highest BCUT2D eigenvalue weighted by Gasteiger charge is 2.30. The van der Waals surface area contributed by atoms with E-state index in [0.717, 1.165) is 34.7 Å². The summed E-state index contributed by atoms with van der Waals surface area (Å²) in [5, 5.41) is 8.63. The van der Waals surface area contributed by atoms with Crippen molar-refractivity contribution in [3.63, 3.8) is 0 Å². The number of methoxy groups -OCH3 is 1. The quantitative estimate of drug-likeness (QED) is 0.270. The molecule has 0 saturated heterocycles. The number of ether oxygens (including phenoxy) is 1. The molecular formula is C25H28N4O6S2. The number of hydrogen-bond donors (Lipinski definition) is 4. The standard InChI is InChI=1S/C25H28N4O6S2/c1-35-25(31)28-21(14-16-5-3-2-4-6-16)23(30)26-20(22-15-36-24(27-22)18-9-10-18)13-17-7-11-19(12-8-17)29-37(32,33)34/h2-8,11-12,15,18,20-21,29H,9-10,13-14H2,1H3,(H,26,30)(H,28,31)(H,32,33,34)/t20-,21-/m0/s1. The van der Waals surface area contributed by atoms with E-state index in [9.17, 15) is 18.0 Å². The van der Waals surface area contributed by atoms with E-state index in [1.807, 2.05) is 40.4 Å². The maximum atomic E-state index is 13.4. The molecule has 1 aromatic heterocycles. The molecule has 0 bridgehead atoms. The molecule has 3 aromatic rings. The largest absolute Gasteiger partial charge is 0.453 e. The van der Waals surface area contributed by atoms with Crippen LogP contribution in [-0.2, 0) is 32.7 Å². The maximum absolute atomic E-state index is 13.4. The predicted molar refractivity (Wildman–Crippen MR) is 140 cm³/mol. The highest BCUT2D eigenvalue weighted by Crippen LogP contribution is 2.42. The van der Waals surface area contributed by atoms with Gasteiger partial charge in [-0.15, -0.1) is 11.3 Å². The third-order valence-electron chi connectivity index (χ3n) is 5.86. The van der Waals surface area contributed by atoms with Crippen molar-refractivity contribution in [3.8, 4) is 0 Å². The van der Waals surface area contributed by atoms with Gasteiger partial charge in [0, 0.05) is 17.7 Å². The lowest BCUT2D eigenvalue weighted by Gasteiger charge is -2.23. The molecule has 4 rings (SSSR count). The fraction of sp³-hybridized carbons (Fsp3) is 0.320. The Morgan fingerprint density at radius 1 is 1.05 bits per heavy atom. The molecule has 1 saturated carbocycles. The number of aromatic nitrogens is 1. The maximum Gasteiger partial charge on any atom is 0.407 e. The molecule has 1 fully saturated rings. The highest BCUT2D eigenvalue weighted by molar-refractivity contribution is 7.87. The average Bonchev–Trinajstić information content (AvgIpc) is 3.60. The second-order valence-corrected chi connectivity index (χ2v) is 10.8. The van der Waals surface area contributed by atoms with Gasteiger partial charge in [0.1, 0.15) is 6.04 Å². The van der Waals surface area contributed by atoms with Crippen LogP contribution in [0.4, 0.5) is 10.5 Å². The van der Waals surface area contributed by atoms with Crippen molar-refractivity contribution in [1.29, 1.82) is 0 Å². The molecule has 1 aliphatic rings. The van der Waals surface area contributed by atoms with Gasteiger partial charge in [0.25, 0.3) is 0 Å². The summed E-state index contributed by atoms with van der Waals surface area (Å²) in [5.74, 6) is 0.0811. The van der Waals surface area contributed by atoms with Gasteiger partial charge in [-0.3, -0.25) is 14.1 Å². The van der Waals surface area contributed by atoms with Crippen molar-refractivity contribution in [2.24, 2.45) is 0 Å². The minimum Gasteiger partial charge on any atom is -0.453 e. The first-order valence-corrected chi connectivity index (χ1v) is 14.0. The summed E-state index contributed by atoms with van der Waals surface area (Å²) in [6.45, 7) is 0. The van der Waals surface area contributed by atoms with Gasteiger partial charge >= 0.3 is 16.4 Å². The van der Waals surface area contributed by atoms with Crippen LogP contribution in [0.2, 0.25) is 0 Å². The summed E-state index contributed by atoms with van der Waals surface area (Å²) in [6.07, 6.45) is 2.15. The van der Waals surface area contributed by atoms with Gasteiger partial charge in [-0.05, 0) is 42.5 Å². The van der Waals surface area contributed by atoms with Gasteiger partial charge in [0.2, 0.25) is 5.91 Å². The molecule has 10 nitrogen and oxygen atoms in total. The highest BCUT2D eigenvalue weighted by atomic mass is 32.2. The zero-order chi connectivity index (χ0) is 26.4. The lowest BCUT2D eigenvalue weighted by atomic mass is 10.0. The lowest BCUT2D eigenvalue weighted by Crippen LogP contribution is -2.49. The smallest absolute Gasteiger partial charge is 0.407 e. The molecule has 2 amide bonds. The molecule has 12 heteroatoms. The van der Waals surface area contributed by atoms with Crippen LogP contribution in [-0.4, -0.2) is 43.1 Å². The number of anilines is 1. The Labute approximate surface area is 219 Å². The summed E-state index contributed by atoms with van der Waals surface area (Å²) in [5.41, 5.74) is 2.62. The first-order valence-electron chi connectivity index (χ1n) is 11.7. The fourth-order valence-corrected chi connectivity index (χ4v) is 5.31. The van der Waals surface area contributed by atoms with Crippen LogP contribution < -0.4 is 15.4 Å². The first-order chi connectivity index (χ1) is 17.7. The van der Waals surface area contributed by atoms with E-state index >= 15 is 0 Å². The Balaban J connectivity index is 1.55. The number of rotatable bonds is 11. The molecule has 0 radical (unpaired) electrons. The zero-order valence-electron chi connectivity index (χ0n) is 20.1.